The molecule has 0 unspecified atom stereocenters. The van der Waals surface area contributed by atoms with Crippen LogP contribution in [0.5, 0.6) is 0 Å². The van der Waals surface area contributed by atoms with Crippen LogP contribution >= 0.6 is 0 Å². The summed E-state index contributed by atoms with van der Waals surface area (Å²) < 4.78 is 9.99. The molecule has 1 rings (SSSR count). The third kappa shape index (κ3) is 4.92. The largest absolute Gasteiger partial charge is 0.377 e. The fraction of sp³-hybridized carbons (Fsp3) is 0.700. The second kappa shape index (κ2) is 7.39. The standard InChI is InChI=1S/C10H19N3O2/c1-11-4-3-5-12-7-9-6-10(8-14-2)15-13-9/h6,11-12H,3-5,7-8H2,1-2H3. The molecular weight excluding hydrogens is 194 g/mol. The summed E-state index contributed by atoms with van der Waals surface area (Å²) >= 11 is 0. The third-order valence-corrected chi connectivity index (χ3v) is 1.98. The van der Waals surface area contributed by atoms with Crippen LogP contribution in [0.15, 0.2) is 10.6 Å². The van der Waals surface area contributed by atoms with Crippen LogP contribution in [0.2, 0.25) is 0 Å². The van der Waals surface area contributed by atoms with E-state index in [-0.39, 0.29) is 0 Å². The van der Waals surface area contributed by atoms with Crippen LogP contribution in [0.4, 0.5) is 0 Å². The molecule has 5 heteroatoms. The minimum absolute atomic E-state index is 0.479. The molecule has 0 spiro atoms. The van der Waals surface area contributed by atoms with Gasteiger partial charge in [-0.15, -0.1) is 0 Å². The molecule has 0 aliphatic rings. The van der Waals surface area contributed by atoms with E-state index >= 15 is 0 Å². The molecule has 86 valence electrons. The number of aromatic nitrogens is 1. The average Bonchev–Trinajstić information content (AvgIpc) is 2.66. The van der Waals surface area contributed by atoms with Crippen molar-refractivity contribution in [2.24, 2.45) is 0 Å². The summed E-state index contributed by atoms with van der Waals surface area (Å²) in [5.74, 6) is 0.768. The van der Waals surface area contributed by atoms with E-state index in [0.717, 1.165) is 37.5 Å². The summed E-state index contributed by atoms with van der Waals surface area (Å²) in [5, 5.41) is 10.3. The lowest BCUT2D eigenvalue weighted by Crippen LogP contribution is -2.19. The zero-order valence-electron chi connectivity index (χ0n) is 9.38. The van der Waals surface area contributed by atoms with Crippen LogP contribution < -0.4 is 10.6 Å². The van der Waals surface area contributed by atoms with Gasteiger partial charge >= 0.3 is 0 Å². The average molecular weight is 213 g/mol. The van der Waals surface area contributed by atoms with Gasteiger partial charge in [-0.3, -0.25) is 0 Å². The van der Waals surface area contributed by atoms with Gasteiger partial charge in [-0.05, 0) is 26.6 Å². The molecule has 0 aliphatic carbocycles. The van der Waals surface area contributed by atoms with Crippen molar-refractivity contribution in [3.05, 3.63) is 17.5 Å². The van der Waals surface area contributed by atoms with Crippen molar-refractivity contribution in [2.45, 2.75) is 19.6 Å². The molecule has 0 fully saturated rings. The molecule has 0 atom stereocenters. The van der Waals surface area contributed by atoms with E-state index < -0.39 is 0 Å². The first-order valence-corrected chi connectivity index (χ1v) is 5.15. The van der Waals surface area contributed by atoms with E-state index in [2.05, 4.69) is 15.8 Å². The van der Waals surface area contributed by atoms with Crippen LogP contribution in [0.1, 0.15) is 17.9 Å². The molecule has 5 nitrogen and oxygen atoms in total. The Morgan fingerprint density at radius 1 is 1.47 bits per heavy atom. The Bertz CT molecular complexity index is 263. The van der Waals surface area contributed by atoms with Crippen molar-refractivity contribution in [1.29, 1.82) is 0 Å². The van der Waals surface area contributed by atoms with Gasteiger partial charge < -0.3 is 19.9 Å². The molecule has 0 aromatic carbocycles. The summed E-state index contributed by atoms with van der Waals surface area (Å²) in [7, 11) is 3.59. The number of rotatable bonds is 8. The molecule has 0 radical (unpaired) electrons. The molecule has 0 aliphatic heterocycles. The monoisotopic (exact) mass is 213 g/mol. The van der Waals surface area contributed by atoms with Gasteiger partial charge in [0.1, 0.15) is 6.61 Å². The van der Waals surface area contributed by atoms with Crippen molar-refractivity contribution in [1.82, 2.24) is 15.8 Å². The zero-order valence-corrected chi connectivity index (χ0v) is 9.38. The van der Waals surface area contributed by atoms with E-state index in [1.807, 2.05) is 13.1 Å². The Morgan fingerprint density at radius 3 is 3.07 bits per heavy atom. The zero-order chi connectivity index (χ0) is 10.9. The van der Waals surface area contributed by atoms with Crippen molar-refractivity contribution >= 4 is 0 Å². The number of methoxy groups -OCH3 is 1. The predicted octanol–water partition coefficient (Wildman–Crippen LogP) is 0.520. The highest BCUT2D eigenvalue weighted by Gasteiger charge is 2.02. The number of nitrogens with zero attached hydrogens (tertiary/aromatic N) is 1. The van der Waals surface area contributed by atoms with Crippen LogP contribution in [0.3, 0.4) is 0 Å². The lowest BCUT2D eigenvalue weighted by atomic mass is 10.3. The van der Waals surface area contributed by atoms with Gasteiger partial charge in [0.2, 0.25) is 0 Å². The smallest absolute Gasteiger partial charge is 0.162 e. The van der Waals surface area contributed by atoms with Crippen molar-refractivity contribution in [2.75, 3.05) is 27.2 Å². The summed E-state index contributed by atoms with van der Waals surface area (Å²) in [6, 6.07) is 1.91. The Hall–Kier alpha value is -0.910. The minimum Gasteiger partial charge on any atom is -0.377 e. The fourth-order valence-corrected chi connectivity index (χ4v) is 1.26. The molecule has 0 amide bonds. The predicted molar refractivity (Wildman–Crippen MR) is 57.5 cm³/mol. The summed E-state index contributed by atoms with van der Waals surface area (Å²) in [4.78, 5) is 0. The molecular formula is C10H19N3O2. The van der Waals surface area contributed by atoms with Gasteiger partial charge in [0.25, 0.3) is 0 Å². The molecule has 0 bridgehead atoms. The first-order valence-electron chi connectivity index (χ1n) is 5.15. The van der Waals surface area contributed by atoms with Crippen LogP contribution in [-0.2, 0) is 17.9 Å². The van der Waals surface area contributed by atoms with Crippen molar-refractivity contribution in [3.8, 4) is 0 Å². The van der Waals surface area contributed by atoms with E-state index in [4.69, 9.17) is 9.26 Å². The maximum Gasteiger partial charge on any atom is 0.162 e. The number of hydrogen-bond acceptors (Lipinski definition) is 5. The minimum atomic E-state index is 0.479. The van der Waals surface area contributed by atoms with Gasteiger partial charge in [0, 0.05) is 19.7 Å². The summed E-state index contributed by atoms with van der Waals surface area (Å²) in [6.07, 6.45) is 1.11. The lowest BCUT2D eigenvalue weighted by molar-refractivity contribution is 0.155. The molecule has 0 saturated heterocycles. The second-order valence-corrected chi connectivity index (χ2v) is 3.35. The Balaban J connectivity index is 2.14. The van der Waals surface area contributed by atoms with Gasteiger partial charge in [0.15, 0.2) is 5.76 Å². The van der Waals surface area contributed by atoms with Gasteiger partial charge in [-0.2, -0.15) is 0 Å². The van der Waals surface area contributed by atoms with E-state index in [1.165, 1.54) is 0 Å². The Labute approximate surface area is 90.2 Å². The summed E-state index contributed by atoms with van der Waals surface area (Å²) in [5.41, 5.74) is 0.923. The normalized spacial score (nSPS) is 10.8. The summed E-state index contributed by atoms with van der Waals surface area (Å²) in [6.45, 7) is 3.23. The second-order valence-electron chi connectivity index (χ2n) is 3.35. The number of hydrogen-bond donors (Lipinski definition) is 2. The molecule has 15 heavy (non-hydrogen) atoms. The van der Waals surface area contributed by atoms with E-state index in [1.54, 1.807) is 7.11 Å². The molecule has 1 heterocycles. The molecule has 1 aromatic heterocycles. The van der Waals surface area contributed by atoms with Crippen LogP contribution in [0, 0.1) is 0 Å². The topological polar surface area (TPSA) is 59.3 Å². The first-order chi connectivity index (χ1) is 7.36. The third-order valence-electron chi connectivity index (χ3n) is 1.98. The number of ether oxygens (including phenoxy) is 1. The maximum absolute atomic E-state index is 5.06. The Morgan fingerprint density at radius 2 is 2.33 bits per heavy atom. The lowest BCUT2D eigenvalue weighted by Gasteiger charge is -2.00. The molecule has 1 aromatic rings. The maximum atomic E-state index is 5.06. The van der Waals surface area contributed by atoms with Crippen LogP contribution in [0.25, 0.3) is 0 Å². The van der Waals surface area contributed by atoms with E-state index in [9.17, 15) is 0 Å². The highest BCUT2D eigenvalue weighted by atomic mass is 16.5. The van der Waals surface area contributed by atoms with Gasteiger partial charge in [-0.25, -0.2) is 0 Å². The highest BCUT2D eigenvalue weighted by molar-refractivity contribution is 5.04. The van der Waals surface area contributed by atoms with Crippen LogP contribution in [-0.4, -0.2) is 32.4 Å². The van der Waals surface area contributed by atoms with Crippen molar-refractivity contribution in [3.63, 3.8) is 0 Å². The van der Waals surface area contributed by atoms with E-state index in [0.29, 0.717) is 6.61 Å². The molecule has 0 saturated carbocycles. The number of nitrogens with one attached hydrogen (secondary N) is 2. The first kappa shape index (κ1) is 12.2. The fourth-order valence-electron chi connectivity index (χ4n) is 1.26. The quantitative estimate of drug-likeness (QED) is 0.616. The van der Waals surface area contributed by atoms with Gasteiger partial charge in [-0.1, -0.05) is 5.16 Å². The van der Waals surface area contributed by atoms with Gasteiger partial charge in [0.05, 0.1) is 5.69 Å². The SMILES string of the molecule is CNCCCNCc1cc(COC)on1. The molecule has 2 N–H and O–H groups in total. The highest BCUT2D eigenvalue weighted by Crippen LogP contribution is 2.04. The van der Waals surface area contributed by atoms with Crippen molar-refractivity contribution < 1.29 is 9.26 Å². The Kier molecular flexibility index (Phi) is 5.99.